The summed E-state index contributed by atoms with van der Waals surface area (Å²) in [5.74, 6) is 1.70. The molecule has 1 saturated heterocycles. The van der Waals surface area contributed by atoms with E-state index in [1.165, 1.54) is 21.3 Å². The van der Waals surface area contributed by atoms with Gasteiger partial charge in [-0.25, -0.2) is 8.42 Å². The summed E-state index contributed by atoms with van der Waals surface area (Å²) in [6.07, 6.45) is 1.21. The Morgan fingerprint density at radius 2 is 1.74 bits per heavy atom. The van der Waals surface area contributed by atoms with Gasteiger partial charge in [-0.15, -0.1) is 0 Å². The molecule has 0 aliphatic carbocycles. The maximum Gasteiger partial charge on any atom is 0.254 e. The second-order valence-electron chi connectivity index (χ2n) is 8.60. The van der Waals surface area contributed by atoms with Crippen molar-refractivity contribution in [2.45, 2.75) is 24.7 Å². The zero-order chi connectivity index (χ0) is 25.2. The molecule has 2 aromatic rings. The molecule has 0 saturated carbocycles. The lowest BCUT2D eigenvalue weighted by atomic mass is 9.76. The van der Waals surface area contributed by atoms with Gasteiger partial charge in [0.1, 0.15) is 0 Å². The van der Waals surface area contributed by atoms with Crippen LogP contribution in [0.25, 0.3) is 0 Å². The summed E-state index contributed by atoms with van der Waals surface area (Å²) in [6, 6.07) is 8.81. The SMILES string of the molecule is COc1cc(C(=O)N2CCC(CCCS(=O)(=O)[O-])(c3ccc4c(c3)OCO4)C2)cc(OC)c1OC. The lowest BCUT2D eigenvalue weighted by molar-refractivity contribution is 0.0781. The van der Waals surface area contributed by atoms with E-state index in [9.17, 15) is 17.8 Å². The van der Waals surface area contributed by atoms with Gasteiger partial charge < -0.3 is 33.1 Å². The minimum Gasteiger partial charge on any atom is -0.748 e. The first-order valence-electron chi connectivity index (χ1n) is 11.1. The molecule has 1 atom stereocenters. The summed E-state index contributed by atoms with van der Waals surface area (Å²) >= 11 is 0. The highest BCUT2D eigenvalue weighted by Gasteiger charge is 2.42. The highest BCUT2D eigenvalue weighted by atomic mass is 32.2. The standard InChI is InChI=1S/C24H29NO9S/c1-30-20-11-16(12-21(31-2)22(20)32-3)23(26)25-9-8-24(14-25,7-4-10-35(27,28)29)17-5-6-18-19(13-17)34-15-33-18/h5-6,11-13H,4,7-10,14-15H2,1-3H3,(H,27,28,29)/p-1. The van der Waals surface area contributed by atoms with Gasteiger partial charge in [-0.1, -0.05) is 6.07 Å². The van der Waals surface area contributed by atoms with Crippen molar-refractivity contribution in [3.8, 4) is 28.7 Å². The van der Waals surface area contributed by atoms with Crippen LogP contribution in [-0.2, 0) is 15.5 Å². The zero-order valence-electron chi connectivity index (χ0n) is 19.9. The minimum atomic E-state index is -4.34. The minimum absolute atomic E-state index is 0.131. The average Bonchev–Trinajstić information content (AvgIpc) is 3.49. The summed E-state index contributed by atoms with van der Waals surface area (Å²) in [6.45, 7) is 0.932. The Balaban J connectivity index is 1.63. The number of benzene rings is 2. The highest BCUT2D eigenvalue weighted by molar-refractivity contribution is 7.85. The van der Waals surface area contributed by atoms with E-state index in [0.29, 0.717) is 60.2 Å². The van der Waals surface area contributed by atoms with E-state index < -0.39 is 21.3 Å². The van der Waals surface area contributed by atoms with Crippen molar-refractivity contribution in [2.24, 2.45) is 0 Å². The van der Waals surface area contributed by atoms with Crippen LogP contribution in [0, 0.1) is 0 Å². The van der Waals surface area contributed by atoms with Crippen LogP contribution < -0.4 is 23.7 Å². The summed E-state index contributed by atoms with van der Waals surface area (Å²) in [5, 5.41) is 0. The van der Waals surface area contributed by atoms with E-state index in [4.69, 9.17) is 23.7 Å². The van der Waals surface area contributed by atoms with E-state index in [0.717, 1.165) is 5.56 Å². The van der Waals surface area contributed by atoms with Gasteiger partial charge in [-0.05, 0) is 49.1 Å². The Bertz CT molecular complexity index is 1190. The predicted octanol–water partition coefficient (Wildman–Crippen LogP) is 2.55. The van der Waals surface area contributed by atoms with Crippen LogP contribution in [0.4, 0.5) is 0 Å². The largest absolute Gasteiger partial charge is 0.748 e. The Kier molecular flexibility index (Phi) is 7.00. The fourth-order valence-corrected chi connectivity index (χ4v) is 5.33. The van der Waals surface area contributed by atoms with Gasteiger partial charge >= 0.3 is 0 Å². The molecular weight excluding hydrogens is 478 g/mol. The van der Waals surface area contributed by atoms with Gasteiger partial charge in [-0.3, -0.25) is 4.79 Å². The quantitative estimate of drug-likeness (QED) is 0.472. The monoisotopic (exact) mass is 506 g/mol. The first-order chi connectivity index (χ1) is 16.7. The number of likely N-dealkylation sites (tertiary alicyclic amines) is 1. The first kappa shape index (κ1) is 24.9. The van der Waals surface area contributed by atoms with Crippen LogP contribution >= 0.6 is 0 Å². The molecule has 10 nitrogen and oxygen atoms in total. The molecule has 2 heterocycles. The zero-order valence-corrected chi connectivity index (χ0v) is 20.7. The Hall–Kier alpha value is -3.18. The fourth-order valence-electron chi connectivity index (χ4n) is 4.83. The Morgan fingerprint density at radius 1 is 1.06 bits per heavy atom. The summed E-state index contributed by atoms with van der Waals surface area (Å²) in [5.41, 5.74) is 0.746. The molecule has 2 aromatic carbocycles. The lowest BCUT2D eigenvalue weighted by Gasteiger charge is -2.30. The number of carbonyl (C=O) groups excluding carboxylic acids is 1. The normalized spacial score (nSPS) is 19.0. The Morgan fingerprint density at radius 3 is 2.37 bits per heavy atom. The summed E-state index contributed by atoms with van der Waals surface area (Å²) in [4.78, 5) is 15.2. The maximum absolute atomic E-state index is 13.5. The summed E-state index contributed by atoms with van der Waals surface area (Å²) in [7, 11) is 0.111. The van der Waals surface area contributed by atoms with Gasteiger partial charge in [-0.2, -0.15) is 0 Å². The van der Waals surface area contributed by atoms with Crippen LogP contribution in [0.15, 0.2) is 30.3 Å². The van der Waals surface area contributed by atoms with Crippen molar-refractivity contribution in [2.75, 3.05) is 47.0 Å². The van der Waals surface area contributed by atoms with Gasteiger partial charge in [0.2, 0.25) is 12.5 Å². The van der Waals surface area contributed by atoms with Crippen LogP contribution in [0.5, 0.6) is 28.7 Å². The molecule has 1 fully saturated rings. The van der Waals surface area contributed by atoms with Gasteiger partial charge in [0.15, 0.2) is 23.0 Å². The molecule has 0 radical (unpaired) electrons. The number of ether oxygens (including phenoxy) is 5. The third-order valence-corrected chi connectivity index (χ3v) is 7.38. The van der Waals surface area contributed by atoms with E-state index in [1.54, 1.807) is 17.0 Å². The van der Waals surface area contributed by atoms with Crippen LogP contribution in [0.1, 0.15) is 35.2 Å². The molecule has 190 valence electrons. The second kappa shape index (κ2) is 9.82. The molecule has 0 N–H and O–H groups in total. The third kappa shape index (κ3) is 5.10. The molecule has 2 aliphatic heterocycles. The Labute approximate surface area is 204 Å². The van der Waals surface area contributed by atoms with Crippen molar-refractivity contribution < 1.29 is 41.4 Å². The molecule has 4 rings (SSSR count). The molecule has 35 heavy (non-hydrogen) atoms. The smallest absolute Gasteiger partial charge is 0.254 e. The van der Waals surface area contributed by atoms with Crippen molar-refractivity contribution in [3.63, 3.8) is 0 Å². The van der Waals surface area contributed by atoms with E-state index in [-0.39, 0.29) is 19.1 Å². The number of hydrogen-bond donors (Lipinski definition) is 0. The van der Waals surface area contributed by atoms with Gasteiger partial charge in [0.05, 0.1) is 31.4 Å². The molecule has 11 heteroatoms. The molecule has 1 amide bonds. The van der Waals surface area contributed by atoms with Gasteiger partial charge in [0, 0.05) is 29.8 Å². The number of rotatable bonds is 9. The van der Waals surface area contributed by atoms with Gasteiger partial charge in [0.25, 0.3) is 5.91 Å². The number of methoxy groups -OCH3 is 3. The fraction of sp³-hybridized carbons (Fsp3) is 0.458. The van der Waals surface area contributed by atoms with Crippen molar-refractivity contribution in [1.82, 2.24) is 4.90 Å². The van der Waals surface area contributed by atoms with E-state index in [1.807, 2.05) is 18.2 Å². The van der Waals surface area contributed by atoms with Crippen LogP contribution in [0.3, 0.4) is 0 Å². The number of fused-ring (bicyclic) bond motifs is 1. The number of hydrogen-bond acceptors (Lipinski definition) is 9. The number of carbonyl (C=O) groups is 1. The highest BCUT2D eigenvalue weighted by Crippen LogP contribution is 2.44. The molecule has 0 spiro atoms. The lowest BCUT2D eigenvalue weighted by Crippen LogP contribution is -2.35. The number of amides is 1. The van der Waals surface area contributed by atoms with E-state index in [2.05, 4.69) is 0 Å². The first-order valence-corrected chi connectivity index (χ1v) is 12.7. The van der Waals surface area contributed by atoms with E-state index >= 15 is 0 Å². The molecular formula is C24H28NO9S-. The summed E-state index contributed by atoms with van der Waals surface area (Å²) < 4.78 is 60.8. The predicted molar refractivity (Wildman–Crippen MR) is 125 cm³/mol. The number of nitrogens with zero attached hydrogens (tertiary/aromatic N) is 1. The van der Waals surface area contributed by atoms with Crippen LogP contribution in [0.2, 0.25) is 0 Å². The topological polar surface area (TPSA) is 124 Å². The molecule has 0 bridgehead atoms. The maximum atomic E-state index is 13.5. The van der Waals surface area contributed by atoms with Crippen molar-refractivity contribution in [3.05, 3.63) is 41.5 Å². The molecule has 1 unspecified atom stereocenters. The third-order valence-electron chi connectivity index (χ3n) is 6.59. The average molecular weight is 507 g/mol. The molecule has 0 aromatic heterocycles. The molecule has 2 aliphatic rings. The van der Waals surface area contributed by atoms with Crippen molar-refractivity contribution >= 4 is 16.0 Å². The second-order valence-corrected chi connectivity index (χ2v) is 10.1. The van der Waals surface area contributed by atoms with Crippen molar-refractivity contribution in [1.29, 1.82) is 0 Å². The van der Waals surface area contributed by atoms with Crippen LogP contribution in [-0.4, -0.2) is 70.7 Å².